The summed E-state index contributed by atoms with van der Waals surface area (Å²) in [6.07, 6.45) is 3.64. The van der Waals surface area contributed by atoms with Crippen molar-refractivity contribution in [3.05, 3.63) is 46.9 Å². The molecule has 1 N–H and O–H groups in total. The minimum absolute atomic E-state index is 0.0330. The summed E-state index contributed by atoms with van der Waals surface area (Å²) in [6, 6.07) is 5.72. The van der Waals surface area contributed by atoms with Crippen molar-refractivity contribution in [1.29, 1.82) is 0 Å². The van der Waals surface area contributed by atoms with Crippen LogP contribution in [0.5, 0.6) is 11.5 Å². The molecule has 22 heavy (non-hydrogen) atoms. The molecule has 4 rings (SSSR count). The first-order valence-corrected chi connectivity index (χ1v) is 7.53. The van der Waals surface area contributed by atoms with E-state index < -0.39 is 0 Å². The number of hydrogen-bond donors (Lipinski definition) is 1. The van der Waals surface area contributed by atoms with Gasteiger partial charge in [0, 0.05) is 29.5 Å². The average molecular weight is 299 g/mol. The van der Waals surface area contributed by atoms with E-state index in [1.807, 2.05) is 12.1 Å². The number of fused-ring (bicyclic) bond motifs is 2. The molecule has 2 aromatic rings. The lowest BCUT2D eigenvalue weighted by Crippen LogP contribution is -2.25. The molecule has 3 heterocycles. The van der Waals surface area contributed by atoms with Crippen LogP contribution in [0, 0.1) is 0 Å². The van der Waals surface area contributed by atoms with Crippen LogP contribution in [0.25, 0.3) is 0 Å². The van der Waals surface area contributed by atoms with Crippen LogP contribution in [-0.2, 0) is 30.6 Å². The molecular formula is C17H17NO4. The van der Waals surface area contributed by atoms with Crippen molar-refractivity contribution in [3.8, 4) is 11.5 Å². The molecule has 1 aromatic carbocycles. The Kier molecular flexibility index (Phi) is 3.25. The van der Waals surface area contributed by atoms with Gasteiger partial charge in [0.15, 0.2) is 0 Å². The van der Waals surface area contributed by atoms with E-state index in [1.165, 1.54) is 0 Å². The summed E-state index contributed by atoms with van der Waals surface area (Å²) in [6.45, 7) is 1.76. The molecule has 0 fully saturated rings. The molecule has 5 nitrogen and oxygen atoms in total. The molecular weight excluding hydrogens is 282 g/mol. The molecule has 0 saturated heterocycles. The number of rotatable bonds is 4. The molecule has 1 aromatic heterocycles. The van der Waals surface area contributed by atoms with Gasteiger partial charge in [-0.15, -0.1) is 0 Å². The molecule has 1 amide bonds. The number of furan rings is 1. The Morgan fingerprint density at radius 1 is 1.23 bits per heavy atom. The second kappa shape index (κ2) is 5.40. The lowest BCUT2D eigenvalue weighted by atomic mass is 9.97. The first-order valence-electron chi connectivity index (χ1n) is 7.53. The number of carbonyl (C=O) groups is 1. The van der Waals surface area contributed by atoms with E-state index >= 15 is 0 Å². The number of amides is 1. The highest BCUT2D eigenvalue weighted by atomic mass is 16.5. The van der Waals surface area contributed by atoms with Crippen LogP contribution >= 0.6 is 0 Å². The van der Waals surface area contributed by atoms with E-state index in [2.05, 4.69) is 11.4 Å². The minimum atomic E-state index is -0.0330. The number of benzene rings is 1. The monoisotopic (exact) mass is 299 g/mol. The molecule has 2 aliphatic rings. The molecule has 0 radical (unpaired) electrons. The Labute approximate surface area is 128 Å². The van der Waals surface area contributed by atoms with Crippen molar-refractivity contribution in [1.82, 2.24) is 5.32 Å². The Morgan fingerprint density at radius 3 is 3.00 bits per heavy atom. The maximum absolute atomic E-state index is 12.3. The minimum Gasteiger partial charge on any atom is -0.493 e. The summed E-state index contributed by atoms with van der Waals surface area (Å²) in [5.41, 5.74) is 3.25. The van der Waals surface area contributed by atoms with Crippen LogP contribution in [0.3, 0.4) is 0 Å². The maximum atomic E-state index is 12.3. The highest BCUT2D eigenvalue weighted by Crippen LogP contribution is 2.40. The lowest BCUT2D eigenvalue weighted by molar-refractivity contribution is -0.120. The zero-order chi connectivity index (χ0) is 14.9. The topological polar surface area (TPSA) is 60.7 Å². The van der Waals surface area contributed by atoms with E-state index in [1.54, 1.807) is 6.26 Å². The molecule has 5 heteroatoms. The van der Waals surface area contributed by atoms with Crippen LogP contribution < -0.4 is 14.8 Å². The molecule has 0 unspecified atom stereocenters. The maximum Gasteiger partial charge on any atom is 0.224 e. The van der Waals surface area contributed by atoms with E-state index in [9.17, 15) is 4.79 Å². The molecule has 2 aliphatic heterocycles. The van der Waals surface area contributed by atoms with Crippen molar-refractivity contribution >= 4 is 5.91 Å². The fourth-order valence-corrected chi connectivity index (χ4v) is 3.09. The molecule has 0 atom stereocenters. The number of hydrogen-bond acceptors (Lipinski definition) is 4. The van der Waals surface area contributed by atoms with Crippen LogP contribution in [0.2, 0.25) is 0 Å². The van der Waals surface area contributed by atoms with Gasteiger partial charge in [0.2, 0.25) is 5.91 Å². The fraction of sp³-hybridized carbons (Fsp3) is 0.353. The third-order valence-electron chi connectivity index (χ3n) is 4.14. The standard InChI is InChI=1S/C17H17NO4/c19-16(18-10-12-2-1-5-20-12)9-14-13-4-7-21-15(13)8-11-3-6-22-17(11)14/h1-2,5,8H,3-4,6-7,9-10H2,(H,18,19). The first-order chi connectivity index (χ1) is 10.8. The largest absolute Gasteiger partial charge is 0.493 e. The van der Waals surface area contributed by atoms with Gasteiger partial charge in [0.05, 0.1) is 32.4 Å². The number of nitrogens with one attached hydrogen (secondary N) is 1. The van der Waals surface area contributed by atoms with Crippen LogP contribution in [0.15, 0.2) is 28.9 Å². The van der Waals surface area contributed by atoms with E-state index in [4.69, 9.17) is 13.9 Å². The first kappa shape index (κ1) is 13.2. The van der Waals surface area contributed by atoms with Crippen molar-refractivity contribution in [2.45, 2.75) is 25.8 Å². The van der Waals surface area contributed by atoms with Gasteiger partial charge in [-0.25, -0.2) is 0 Å². The van der Waals surface area contributed by atoms with E-state index in [0.29, 0.717) is 26.2 Å². The lowest BCUT2D eigenvalue weighted by Gasteiger charge is -2.12. The van der Waals surface area contributed by atoms with Crippen molar-refractivity contribution in [3.63, 3.8) is 0 Å². The molecule has 0 spiro atoms. The van der Waals surface area contributed by atoms with Gasteiger partial charge in [0.25, 0.3) is 0 Å². The molecule has 0 aliphatic carbocycles. The Morgan fingerprint density at radius 2 is 2.14 bits per heavy atom. The van der Waals surface area contributed by atoms with E-state index in [0.717, 1.165) is 46.8 Å². The van der Waals surface area contributed by atoms with Gasteiger partial charge in [-0.2, -0.15) is 0 Å². The highest BCUT2D eigenvalue weighted by Gasteiger charge is 2.27. The van der Waals surface area contributed by atoms with Gasteiger partial charge in [-0.1, -0.05) is 0 Å². The molecule has 0 saturated carbocycles. The zero-order valence-electron chi connectivity index (χ0n) is 12.2. The highest BCUT2D eigenvalue weighted by molar-refractivity contribution is 5.80. The van der Waals surface area contributed by atoms with Gasteiger partial charge >= 0.3 is 0 Å². The van der Waals surface area contributed by atoms with Crippen molar-refractivity contribution in [2.24, 2.45) is 0 Å². The van der Waals surface area contributed by atoms with Crippen LogP contribution in [0.4, 0.5) is 0 Å². The second-order valence-electron chi connectivity index (χ2n) is 5.55. The Hall–Kier alpha value is -2.43. The summed E-state index contributed by atoms with van der Waals surface area (Å²) in [7, 11) is 0. The third-order valence-corrected chi connectivity index (χ3v) is 4.14. The number of carbonyl (C=O) groups excluding carboxylic acids is 1. The summed E-state index contributed by atoms with van der Waals surface area (Å²) >= 11 is 0. The van der Waals surface area contributed by atoms with Crippen LogP contribution in [0.1, 0.15) is 22.5 Å². The van der Waals surface area contributed by atoms with Gasteiger partial charge in [0.1, 0.15) is 17.3 Å². The summed E-state index contributed by atoms with van der Waals surface area (Å²) in [5, 5.41) is 2.89. The molecule has 114 valence electrons. The normalized spacial score (nSPS) is 14.9. The fourth-order valence-electron chi connectivity index (χ4n) is 3.09. The Balaban J connectivity index is 1.54. The zero-order valence-corrected chi connectivity index (χ0v) is 12.2. The summed E-state index contributed by atoms with van der Waals surface area (Å²) in [5.74, 6) is 2.52. The van der Waals surface area contributed by atoms with Gasteiger partial charge in [-0.3, -0.25) is 4.79 Å². The Bertz CT molecular complexity index is 674. The van der Waals surface area contributed by atoms with Gasteiger partial charge < -0.3 is 19.2 Å². The predicted molar refractivity (Wildman–Crippen MR) is 79.1 cm³/mol. The quantitative estimate of drug-likeness (QED) is 0.938. The number of ether oxygens (including phenoxy) is 2. The van der Waals surface area contributed by atoms with Crippen molar-refractivity contribution < 1.29 is 18.7 Å². The van der Waals surface area contributed by atoms with Crippen molar-refractivity contribution in [2.75, 3.05) is 13.2 Å². The smallest absolute Gasteiger partial charge is 0.224 e. The summed E-state index contributed by atoms with van der Waals surface area (Å²) < 4.78 is 16.6. The van der Waals surface area contributed by atoms with Gasteiger partial charge in [-0.05, 0) is 18.2 Å². The summed E-state index contributed by atoms with van der Waals surface area (Å²) in [4.78, 5) is 12.3. The second-order valence-corrected chi connectivity index (χ2v) is 5.55. The SMILES string of the molecule is O=C(Cc1c2c(cc3c1OCC3)OCC2)NCc1ccco1. The predicted octanol–water partition coefficient (Wildman–Crippen LogP) is 2.01. The van der Waals surface area contributed by atoms with E-state index in [-0.39, 0.29) is 5.91 Å². The third kappa shape index (κ3) is 2.32. The van der Waals surface area contributed by atoms with Crippen LogP contribution in [-0.4, -0.2) is 19.1 Å². The molecule has 0 bridgehead atoms. The average Bonchev–Trinajstić information content (AvgIpc) is 3.25.